The van der Waals surface area contributed by atoms with E-state index in [4.69, 9.17) is 10.5 Å². The summed E-state index contributed by atoms with van der Waals surface area (Å²) in [5.74, 6) is 0.00247. The van der Waals surface area contributed by atoms with E-state index >= 15 is 0 Å². The number of nitrogens with zero attached hydrogens (tertiary/aromatic N) is 3. The van der Waals surface area contributed by atoms with Gasteiger partial charge in [0.05, 0.1) is 35.8 Å². The fourth-order valence-electron chi connectivity index (χ4n) is 3.67. The third-order valence-electron chi connectivity index (χ3n) is 5.37. The third-order valence-corrected chi connectivity index (χ3v) is 5.37. The highest BCUT2D eigenvalue weighted by atomic mass is 19.4. The van der Waals surface area contributed by atoms with Gasteiger partial charge in [0, 0.05) is 18.1 Å². The quantitative estimate of drug-likeness (QED) is 0.782. The lowest BCUT2D eigenvalue weighted by molar-refractivity contribution is -0.137. The van der Waals surface area contributed by atoms with Crippen molar-refractivity contribution in [2.45, 2.75) is 31.5 Å². The van der Waals surface area contributed by atoms with Gasteiger partial charge < -0.3 is 15.6 Å². The molecule has 9 heteroatoms. The molecule has 1 saturated heterocycles. The largest absolute Gasteiger partial charge is 0.507 e. The molecule has 0 bridgehead atoms. The Kier molecular flexibility index (Phi) is 4.29. The summed E-state index contributed by atoms with van der Waals surface area (Å²) in [7, 11) is 0. The molecule has 148 valence electrons. The number of halogens is 3. The maximum atomic E-state index is 12.9. The number of fused-ring (bicyclic) bond motifs is 1. The van der Waals surface area contributed by atoms with Gasteiger partial charge in [-0.15, -0.1) is 0 Å². The number of aryl methyl sites for hydroxylation is 1. The first-order valence-electron chi connectivity index (χ1n) is 8.86. The van der Waals surface area contributed by atoms with Crippen molar-refractivity contribution in [1.29, 1.82) is 0 Å². The smallest absolute Gasteiger partial charge is 0.416 e. The van der Waals surface area contributed by atoms with E-state index in [1.54, 1.807) is 6.21 Å². The second-order valence-electron chi connectivity index (χ2n) is 7.30. The number of phenols is 1. The van der Waals surface area contributed by atoms with Gasteiger partial charge in [0.15, 0.2) is 5.82 Å². The van der Waals surface area contributed by atoms with Crippen molar-refractivity contribution in [3.8, 4) is 17.0 Å². The molecular formula is C19H19F3N4O2. The molecule has 2 unspecified atom stereocenters. The molecule has 2 fully saturated rings. The fourth-order valence-corrected chi connectivity index (χ4v) is 3.67. The Bertz CT molecular complexity index is 938. The summed E-state index contributed by atoms with van der Waals surface area (Å²) in [6.45, 7) is 2.86. The zero-order valence-corrected chi connectivity index (χ0v) is 15.1. The van der Waals surface area contributed by atoms with Gasteiger partial charge in [-0.05, 0) is 37.5 Å². The van der Waals surface area contributed by atoms with E-state index in [0.29, 0.717) is 30.9 Å². The van der Waals surface area contributed by atoms with Crippen LogP contribution in [0.1, 0.15) is 29.7 Å². The van der Waals surface area contributed by atoms with E-state index in [2.05, 4.69) is 15.0 Å². The van der Waals surface area contributed by atoms with Gasteiger partial charge in [-0.1, -0.05) is 0 Å². The SMILES string of the molecule is Cc1cc(C(F)(F)F)cc(O)c1-c1cnc(C=NC23CCOCC2C3)c(N)n1. The van der Waals surface area contributed by atoms with Crippen LogP contribution in [0.3, 0.4) is 0 Å². The van der Waals surface area contributed by atoms with Crippen LogP contribution in [0.15, 0.2) is 23.3 Å². The number of nitrogens with two attached hydrogens (primary N) is 1. The normalized spacial score (nSPS) is 24.4. The van der Waals surface area contributed by atoms with Crippen LogP contribution in [0.2, 0.25) is 0 Å². The molecule has 1 aromatic heterocycles. The van der Waals surface area contributed by atoms with E-state index in [1.165, 1.54) is 13.1 Å². The van der Waals surface area contributed by atoms with Crippen LogP contribution < -0.4 is 5.73 Å². The Morgan fingerprint density at radius 2 is 2.18 bits per heavy atom. The maximum Gasteiger partial charge on any atom is 0.416 e. The minimum Gasteiger partial charge on any atom is -0.507 e. The van der Waals surface area contributed by atoms with Gasteiger partial charge in [-0.3, -0.25) is 4.99 Å². The summed E-state index contributed by atoms with van der Waals surface area (Å²) in [5, 5.41) is 10.1. The van der Waals surface area contributed by atoms with Gasteiger partial charge in [0.25, 0.3) is 0 Å². The summed E-state index contributed by atoms with van der Waals surface area (Å²) >= 11 is 0. The Morgan fingerprint density at radius 1 is 1.39 bits per heavy atom. The van der Waals surface area contributed by atoms with Gasteiger partial charge in [0.1, 0.15) is 11.4 Å². The molecule has 2 aliphatic rings. The number of ether oxygens (including phenoxy) is 1. The minimum absolute atomic E-state index is 0.0900. The predicted octanol–water partition coefficient (Wildman–Crippen LogP) is 3.36. The molecule has 28 heavy (non-hydrogen) atoms. The molecule has 1 aromatic carbocycles. The monoisotopic (exact) mass is 392 g/mol. The molecule has 2 aromatic rings. The Morgan fingerprint density at radius 3 is 2.82 bits per heavy atom. The van der Waals surface area contributed by atoms with Crippen molar-refractivity contribution in [2.24, 2.45) is 10.9 Å². The van der Waals surface area contributed by atoms with Crippen molar-refractivity contribution < 1.29 is 23.0 Å². The molecule has 1 aliphatic carbocycles. The van der Waals surface area contributed by atoms with Gasteiger partial charge >= 0.3 is 6.18 Å². The topological polar surface area (TPSA) is 93.6 Å². The lowest BCUT2D eigenvalue weighted by atomic mass is 10.0. The lowest BCUT2D eigenvalue weighted by Crippen LogP contribution is -2.21. The average Bonchev–Trinajstić information content (AvgIpc) is 3.34. The van der Waals surface area contributed by atoms with Gasteiger partial charge in [-0.25, -0.2) is 9.97 Å². The number of aromatic nitrogens is 2. The molecular weight excluding hydrogens is 373 g/mol. The highest BCUT2D eigenvalue weighted by Crippen LogP contribution is 2.52. The zero-order chi connectivity index (χ0) is 20.1. The summed E-state index contributed by atoms with van der Waals surface area (Å²) in [4.78, 5) is 13.1. The van der Waals surface area contributed by atoms with Crippen LogP contribution in [-0.2, 0) is 10.9 Å². The van der Waals surface area contributed by atoms with Crippen LogP contribution in [0.25, 0.3) is 11.3 Å². The average molecular weight is 392 g/mol. The summed E-state index contributed by atoms with van der Waals surface area (Å²) in [6.07, 6.45) is 0.262. The number of nitrogen functional groups attached to an aromatic ring is 1. The van der Waals surface area contributed by atoms with E-state index in [1.807, 2.05) is 0 Å². The van der Waals surface area contributed by atoms with Crippen molar-refractivity contribution in [1.82, 2.24) is 9.97 Å². The molecule has 2 atom stereocenters. The van der Waals surface area contributed by atoms with Gasteiger partial charge in [0.2, 0.25) is 0 Å². The predicted molar refractivity (Wildman–Crippen MR) is 97.2 cm³/mol. The van der Waals surface area contributed by atoms with E-state index in [9.17, 15) is 18.3 Å². The summed E-state index contributed by atoms with van der Waals surface area (Å²) in [6, 6.07) is 1.63. The summed E-state index contributed by atoms with van der Waals surface area (Å²) < 4.78 is 44.1. The van der Waals surface area contributed by atoms with Crippen molar-refractivity contribution in [3.63, 3.8) is 0 Å². The number of hydrogen-bond acceptors (Lipinski definition) is 6. The van der Waals surface area contributed by atoms with E-state index in [-0.39, 0.29) is 28.2 Å². The van der Waals surface area contributed by atoms with Crippen molar-refractivity contribution in [2.75, 3.05) is 18.9 Å². The number of benzene rings is 1. The van der Waals surface area contributed by atoms with E-state index in [0.717, 1.165) is 18.9 Å². The molecule has 0 spiro atoms. The number of aromatic hydroxyl groups is 1. The first-order valence-corrected chi connectivity index (χ1v) is 8.86. The van der Waals surface area contributed by atoms with Crippen molar-refractivity contribution >= 4 is 12.0 Å². The van der Waals surface area contributed by atoms with Crippen LogP contribution in [0, 0.1) is 12.8 Å². The second kappa shape index (κ2) is 6.44. The number of anilines is 1. The lowest BCUT2D eigenvalue weighted by Gasteiger charge is -2.18. The Hall–Kier alpha value is -2.68. The van der Waals surface area contributed by atoms with Crippen LogP contribution in [0.5, 0.6) is 5.75 Å². The molecule has 1 saturated carbocycles. The highest BCUT2D eigenvalue weighted by Gasteiger charge is 2.55. The Labute approximate surface area is 159 Å². The first kappa shape index (κ1) is 18.7. The minimum atomic E-state index is -4.55. The molecule has 0 amide bonds. The van der Waals surface area contributed by atoms with Gasteiger partial charge in [-0.2, -0.15) is 13.2 Å². The van der Waals surface area contributed by atoms with Crippen LogP contribution in [0.4, 0.5) is 19.0 Å². The first-order chi connectivity index (χ1) is 13.2. The Balaban J connectivity index is 1.62. The van der Waals surface area contributed by atoms with Crippen LogP contribution in [-0.4, -0.2) is 40.0 Å². The number of rotatable bonds is 3. The number of alkyl halides is 3. The van der Waals surface area contributed by atoms with Crippen LogP contribution >= 0.6 is 0 Å². The number of aliphatic imine (C=N–C) groups is 1. The molecule has 3 N–H and O–H groups in total. The molecule has 1 aliphatic heterocycles. The second-order valence-corrected chi connectivity index (χ2v) is 7.30. The molecule has 2 heterocycles. The van der Waals surface area contributed by atoms with Crippen molar-refractivity contribution in [3.05, 3.63) is 35.2 Å². The number of phenolic OH excluding ortho intramolecular Hbond substituents is 1. The van der Waals surface area contributed by atoms with E-state index < -0.39 is 17.5 Å². The fraction of sp³-hybridized carbons (Fsp3) is 0.421. The molecule has 6 nitrogen and oxygen atoms in total. The third kappa shape index (κ3) is 3.30. The summed E-state index contributed by atoms with van der Waals surface area (Å²) in [5.41, 5.74) is 5.95. The highest BCUT2D eigenvalue weighted by molar-refractivity contribution is 5.84. The molecule has 4 rings (SSSR count). The number of hydrogen-bond donors (Lipinski definition) is 2. The standard InChI is InChI=1S/C19H19F3N4O2/c1-10-4-11(19(20,21)22)5-15(27)16(10)13-7-24-14(17(23)26-13)8-25-18-2-3-28-9-12(18)6-18/h4-5,7-8,12,27H,2-3,6,9H2,1H3,(H2,23,26). The zero-order valence-electron chi connectivity index (χ0n) is 15.1. The maximum absolute atomic E-state index is 12.9. The molecule has 0 radical (unpaired) electrons.